The first-order valence-corrected chi connectivity index (χ1v) is 9.66. The monoisotopic (exact) mass is 353 g/mol. The van der Waals surface area contributed by atoms with E-state index in [9.17, 15) is 13.2 Å². The minimum absolute atomic E-state index is 0.0498. The molecule has 0 fully saturated rings. The fourth-order valence-corrected chi connectivity index (χ4v) is 3.84. The van der Waals surface area contributed by atoms with E-state index in [1.54, 1.807) is 31.3 Å². The van der Waals surface area contributed by atoms with Crippen molar-refractivity contribution in [2.24, 2.45) is 0 Å². The van der Waals surface area contributed by atoms with Crippen LogP contribution < -0.4 is 10.0 Å². The lowest BCUT2D eigenvalue weighted by molar-refractivity contribution is 0.0951. The molecule has 2 N–H and O–H groups in total. The van der Waals surface area contributed by atoms with Crippen molar-refractivity contribution in [1.82, 2.24) is 10.3 Å². The third kappa shape index (κ3) is 5.33. The minimum atomic E-state index is -3.37. The van der Waals surface area contributed by atoms with Gasteiger partial charge >= 0.3 is 0 Å². The average molecular weight is 353 g/mol. The maximum atomic E-state index is 12.2. The number of aryl methyl sites for hydroxylation is 1. The maximum absolute atomic E-state index is 12.2. The number of aromatic nitrogens is 1. The second-order valence-electron chi connectivity index (χ2n) is 5.03. The van der Waals surface area contributed by atoms with E-state index in [2.05, 4.69) is 15.0 Å². The molecule has 124 valence electrons. The largest absolute Gasteiger partial charge is 0.347 e. The summed E-state index contributed by atoms with van der Waals surface area (Å²) in [5.74, 6) is -0.207. The Morgan fingerprint density at radius 2 is 2.13 bits per heavy atom. The Labute approximate surface area is 140 Å². The van der Waals surface area contributed by atoms with Gasteiger partial charge in [-0.2, -0.15) is 0 Å². The van der Waals surface area contributed by atoms with Crippen molar-refractivity contribution in [1.29, 1.82) is 0 Å². The highest BCUT2D eigenvalue weighted by Gasteiger charge is 2.11. The molecule has 0 bridgehead atoms. The number of thiazole rings is 1. The Balaban J connectivity index is 2.02. The first kappa shape index (κ1) is 17.4. The van der Waals surface area contributed by atoms with Gasteiger partial charge in [0.25, 0.3) is 5.91 Å². The molecule has 1 aromatic carbocycles. The van der Waals surface area contributed by atoms with Crippen molar-refractivity contribution >= 4 is 33.0 Å². The summed E-state index contributed by atoms with van der Waals surface area (Å²) in [7, 11) is -3.37. The van der Waals surface area contributed by atoms with Crippen molar-refractivity contribution in [3.8, 4) is 0 Å². The van der Waals surface area contributed by atoms with E-state index in [0.717, 1.165) is 9.88 Å². The molecule has 1 amide bonds. The number of nitrogens with one attached hydrogen (secondary N) is 2. The zero-order chi connectivity index (χ0) is 16.9. The number of benzene rings is 1. The molecule has 2 rings (SSSR count). The first-order chi connectivity index (χ1) is 10.9. The van der Waals surface area contributed by atoms with Gasteiger partial charge in [0.05, 0.1) is 17.3 Å². The van der Waals surface area contributed by atoms with Crippen LogP contribution in [0.25, 0.3) is 0 Å². The Hall–Kier alpha value is -1.93. The van der Waals surface area contributed by atoms with E-state index in [4.69, 9.17) is 0 Å². The Bertz CT molecular complexity index is 785. The number of sulfonamides is 1. The molecule has 1 aromatic heterocycles. The van der Waals surface area contributed by atoms with Crippen molar-refractivity contribution in [3.63, 3.8) is 0 Å². The van der Waals surface area contributed by atoms with Gasteiger partial charge in [0.1, 0.15) is 0 Å². The summed E-state index contributed by atoms with van der Waals surface area (Å²) in [5, 5.41) is 3.74. The lowest BCUT2D eigenvalue weighted by atomic mass is 10.2. The Morgan fingerprint density at radius 3 is 2.78 bits per heavy atom. The zero-order valence-electron chi connectivity index (χ0n) is 13.0. The van der Waals surface area contributed by atoms with E-state index < -0.39 is 10.0 Å². The van der Waals surface area contributed by atoms with Crippen LogP contribution in [0, 0.1) is 6.92 Å². The number of carbonyl (C=O) groups excluding carboxylic acids is 1. The van der Waals surface area contributed by atoms with Crippen LogP contribution in [0.2, 0.25) is 0 Å². The maximum Gasteiger partial charge on any atom is 0.251 e. The van der Waals surface area contributed by atoms with Gasteiger partial charge in [-0.05, 0) is 31.5 Å². The lowest BCUT2D eigenvalue weighted by Gasteiger charge is -2.09. The molecule has 0 radical (unpaired) electrons. The topological polar surface area (TPSA) is 88.2 Å². The van der Waals surface area contributed by atoms with E-state index in [1.165, 1.54) is 17.4 Å². The second-order valence-corrected chi connectivity index (χ2v) is 8.19. The molecular formula is C15H19N3O3S2. The zero-order valence-corrected chi connectivity index (χ0v) is 14.6. The van der Waals surface area contributed by atoms with Crippen molar-refractivity contribution in [3.05, 3.63) is 45.9 Å². The standard InChI is InChI=1S/C15H19N3O3S2/c1-3-7-23(20,21)18-13-6-4-5-12(8-13)15(19)17-10-14-9-16-11(2)22-14/h4-6,8-9,18H,3,7,10H2,1-2H3,(H,17,19). The normalized spacial score (nSPS) is 11.2. The van der Waals surface area contributed by atoms with Crippen LogP contribution in [0.5, 0.6) is 0 Å². The van der Waals surface area contributed by atoms with Crippen molar-refractivity contribution < 1.29 is 13.2 Å². The van der Waals surface area contributed by atoms with Crippen LogP contribution in [0.3, 0.4) is 0 Å². The van der Waals surface area contributed by atoms with Crippen molar-refractivity contribution in [2.45, 2.75) is 26.8 Å². The molecule has 8 heteroatoms. The summed E-state index contributed by atoms with van der Waals surface area (Å²) in [6.07, 6.45) is 2.26. The van der Waals surface area contributed by atoms with Gasteiger partial charge in [-0.3, -0.25) is 9.52 Å². The number of nitrogens with zero attached hydrogens (tertiary/aromatic N) is 1. The van der Waals surface area contributed by atoms with Gasteiger partial charge in [0, 0.05) is 22.3 Å². The molecule has 0 aliphatic heterocycles. The lowest BCUT2D eigenvalue weighted by Crippen LogP contribution is -2.22. The van der Waals surface area contributed by atoms with E-state index >= 15 is 0 Å². The number of hydrogen-bond donors (Lipinski definition) is 2. The second kappa shape index (κ2) is 7.56. The van der Waals surface area contributed by atoms with Crippen LogP contribution in [0.1, 0.15) is 33.6 Å². The highest BCUT2D eigenvalue weighted by Crippen LogP contribution is 2.14. The summed E-state index contributed by atoms with van der Waals surface area (Å²) in [6, 6.07) is 6.44. The molecule has 0 saturated heterocycles. The smallest absolute Gasteiger partial charge is 0.251 e. The number of rotatable bonds is 7. The first-order valence-electron chi connectivity index (χ1n) is 7.19. The van der Waals surface area contributed by atoms with Crippen LogP contribution in [-0.2, 0) is 16.6 Å². The third-order valence-corrected chi connectivity index (χ3v) is 5.37. The summed E-state index contributed by atoms with van der Waals surface area (Å²) in [5.41, 5.74) is 0.794. The Kier molecular flexibility index (Phi) is 5.73. The van der Waals surface area contributed by atoms with Gasteiger partial charge in [0.2, 0.25) is 10.0 Å². The van der Waals surface area contributed by atoms with E-state index in [0.29, 0.717) is 24.2 Å². The van der Waals surface area contributed by atoms with E-state index in [-0.39, 0.29) is 11.7 Å². The van der Waals surface area contributed by atoms with Crippen LogP contribution in [0.15, 0.2) is 30.5 Å². The molecule has 0 unspecified atom stereocenters. The van der Waals surface area contributed by atoms with Crippen LogP contribution in [-0.4, -0.2) is 25.1 Å². The number of hydrogen-bond acceptors (Lipinski definition) is 5. The Morgan fingerprint density at radius 1 is 1.35 bits per heavy atom. The number of amides is 1. The summed E-state index contributed by atoms with van der Waals surface area (Å²) in [4.78, 5) is 17.3. The SMILES string of the molecule is CCCS(=O)(=O)Nc1cccc(C(=O)NCc2cnc(C)s2)c1. The average Bonchev–Trinajstić information content (AvgIpc) is 2.90. The molecule has 0 spiro atoms. The van der Waals surface area contributed by atoms with E-state index in [1.807, 2.05) is 6.92 Å². The molecule has 2 aromatic rings. The molecular weight excluding hydrogens is 334 g/mol. The predicted molar refractivity (Wildman–Crippen MR) is 92.2 cm³/mol. The van der Waals surface area contributed by atoms with Gasteiger partial charge in [-0.15, -0.1) is 11.3 Å². The van der Waals surface area contributed by atoms with Gasteiger partial charge in [-0.1, -0.05) is 13.0 Å². The molecule has 1 heterocycles. The van der Waals surface area contributed by atoms with Crippen LogP contribution >= 0.6 is 11.3 Å². The molecule has 6 nitrogen and oxygen atoms in total. The van der Waals surface area contributed by atoms with Gasteiger partial charge < -0.3 is 5.32 Å². The highest BCUT2D eigenvalue weighted by molar-refractivity contribution is 7.92. The summed E-state index contributed by atoms with van der Waals surface area (Å²) >= 11 is 1.52. The fraction of sp³-hybridized carbons (Fsp3) is 0.333. The van der Waals surface area contributed by atoms with Gasteiger partial charge in [-0.25, -0.2) is 13.4 Å². The fourth-order valence-electron chi connectivity index (χ4n) is 1.98. The molecule has 0 atom stereocenters. The minimum Gasteiger partial charge on any atom is -0.347 e. The molecule has 0 saturated carbocycles. The molecule has 0 aliphatic carbocycles. The van der Waals surface area contributed by atoms with Gasteiger partial charge in [0.15, 0.2) is 0 Å². The number of anilines is 1. The summed E-state index contributed by atoms with van der Waals surface area (Å²) in [6.45, 7) is 4.10. The van der Waals surface area contributed by atoms with Crippen LogP contribution in [0.4, 0.5) is 5.69 Å². The number of carbonyl (C=O) groups is 1. The van der Waals surface area contributed by atoms with Crippen molar-refractivity contribution in [2.75, 3.05) is 10.5 Å². The summed E-state index contributed by atoms with van der Waals surface area (Å²) < 4.78 is 26.0. The highest BCUT2D eigenvalue weighted by atomic mass is 32.2. The predicted octanol–water partition coefficient (Wildman–Crippen LogP) is 2.53. The quantitative estimate of drug-likeness (QED) is 0.800. The molecule has 0 aliphatic rings. The third-order valence-electron chi connectivity index (χ3n) is 2.96. The molecule has 23 heavy (non-hydrogen) atoms.